The van der Waals surface area contributed by atoms with Gasteiger partial charge in [-0.1, -0.05) is 32.4 Å². The molecule has 0 spiro atoms. The van der Waals surface area contributed by atoms with Crippen LogP contribution in [0.25, 0.3) is 0 Å². The fraction of sp³-hybridized carbons (Fsp3) is 0.600. The molecule has 1 aliphatic carbocycles. The molecule has 0 radical (unpaired) electrons. The first-order valence-electron chi connectivity index (χ1n) is 6.82. The Kier molecular flexibility index (Phi) is 4.26. The lowest BCUT2D eigenvalue weighted by atomic mass is 9.64. The van der Waals surface area contributed by atoms with Gasteiger partial charge in [0.15, 0.2) is 0 Å². The van der Waals surface area contributed by atoms with Crippen molar-refractivity contribution in [3.63, 3.8) is 0 Å². The Morgan fingerprint density at radius 3 is 2.74 bits per heavy atom. The highest BCUT2D eigenvalue weighted by atomic mass is 35.5. The summed E-state index contributed by atoms with van der Waals surface area (Å²) >= 11 is 6.20. The van der Waals surface area contributed by atoms with Crippen molar-refractivity contribution in [2.24, 2.45) is 5.41 Å². The minimum Gasteiger partial charge on any atom is -0.492 e. The maximum atomic E-state index is 9.73. The van der Waals surface area contributed by atoms with Gasteiger partial charge < -0.3 is 15.2 Å². The second-order valence-corrected chi connectivity index (χ2v) is 6.17. The van der Waals surface area contributed by atoms with E-state index in [2.05, 4.69) is 26.1 Å². The third kappa shape index (κ3) is 2.98. The van der Waals surface area contributed by atoms with E-state index in [1.165, 1.54) is 0 Å². The molecule has 0 aromatic heterocycles. The third-order valence-electron chi connectivity index (χ3n) is 3.95. The number of hydrogen-bond donors (Lipinski definition) is 2. The average molecular weight is 284 g/mol. The lowest BCUT2D eigenvalue weighted by Gasteiger charge is -2.49. The van der Waals surface area contributed by atoms with Crippen LogP contribution in [-0.4, -0.2) is 23.9 Å². The van der Waals surface area contributed by atoms with Gasteiger partial charge >= 0.3 is 0 Å². The number of benzene rings is 1. The number of nitrogens with one attached hydrogen (secondary N) is 1. The van der Waals surface area contributed by atoms with Crippen LogP contribution in [-0.2, 0) is 0 Å². The number of halogens is 1. The van der Waals surface area contributed by atoms with Crippen LogP contribution in [0.4, 0.5) is 5.69 Å². The molecule has 4 heteroatoms. The van der Waals surface area contributed by atoms with Crippen molar-refractivity contribution in [3.8, 4) is 5.75 Å². The monoisotopic (exact) mass is 283 g/mol. The van der Waals surface area contributed by atoms with Gasteiger partial charge in [-0.3, -0.25) is 0 Å². The molecule has 19 heavy (non-hydrogen) atoms. The zero-order chi connectivity index (χ0) is 14.0. The van der Waals surface area contributed by atoms with Crippen molar-refractivity contribution in [2.75, 3.05) is 11.9 Å². The predicted octanol–water partition coefficient (Wildman–Crippen LogP) is 3.70. The van der Waals surface area contributed by atoms with Gasteiger partial charge in [0.1, 0.15) is 5.75 Å². The molecule has 0 amide bonds. The minimum absolute atomic E-state index is 0.0934. The van der Waals surface area contributed by atoms with Gasteiger partial charge in [0, 0.05) is 17.1 Å². The topological polar surface area (TPSA) is 41.5 Å². The Bertz CT molecular complexity index is 448. The SMILES string of the molecule is CCCOc1ccc(NC2CC(O)C2(C)C)cc1Cl. The molecule has 2 N–H and O–H groups in total. The van der Waals surface area contributed by atoms with Crippen LogP contribution in [0.15, 0.2) is 18.2 Å². The summed E-state index contributed by atoms with van der Waals surface area (Å²) < 4.78 is 5.54. The zero-order valence-corrected chi connectivity index (χ0v) is 12.5. The molecule has 2 atom stereocenters. The Morgan fingerprint density at radius 2 is 2.21 bits per heavy atom. The first-order valence-corrected chi connectivity index (χ1v) is 7.20. The second kappa shape index (κ2) is 5.59. The molecule has 2 unspecified atom stereocenters. The number of hydrogen-bond acceptors (Lipinski definition) is 3. The number of aliphatic hydroxyl groups excluding tert-OH is 1. The molecule has 0 bridgehead atoms. The van der Waals surface area contributed by atoms with E-state index >= 15 is 0 Å². The molecule has 1 fully saturated rings. The normalized spacial score (nSPS) is 24.7. The first-order chi connectivity index (χ1) is 8.95. The van der Waals surface area contributed by atoms with E-state index in [0.717, 1.165) is 24.3 Å². The van der Waals surface area contributed by atoms with Crippen molar-refractivity contribution < 1.29 is 9.84 Å². The van der Waals surface area contributed by atoms with Crippen molar-refractivity contribution in [1.82, 2.24) is 0 Å². The summed E-state index contributed by atoms with van der Waals surface area (Å²) in [5.41, 5.74) is 0.878. The zero-order valence-electron chi connectivity index (χ0n) is 11.7. The van der Waals surface area contributed by atoms with Crippen molar-refractivity contribution in [2.45, 2.75) is 45.8 Å². The van der Waals surface area contributed by atoms with Gasteiger partial charge in [-0.05, 0) is 31.0 Å². The van der Waals surface area contributed by atoms with E-state index in [1.54, 1.807) is 0 Å². The third-order valence-corrected chi connectivity index (χ3v) is 4.25. The highest BCUT2D eigenvalue weighted by Gasteiger charge is 2.47. The molecule has 0 heterocycles. The maximum absolute atomic E-state index is 9.73. The molecule has 0 saturated heterocycles. The van der Waals surface area contributed by atoms with E-state index in [1.807, 2.05) is 18.2 Å². The number of rotatable bonds is 5. The van der Waals surface area contributed by atoms with E-state index in [-0.39, 0.29) is 17.6 Å². The minimum atomic E-state index is -0.229. The summed E-state index contributed by atoms with van der Waals surface area (Å²) in [7, 11) is 0. The van der Waals surface area contributed by atoms with Gasteiger partial charge in [0.25, 0.3) is 0 Å². The molecule has 1 aliphatic rings. The summed E-state index contributed by atoms with van der Waals surface area (Å²) in [6, 6.07) is 6.02. The van der Waals surface area contributed by atoms with Crippen LogP contribution < -0.4 is 10.1 Å². The number of aliphatic hydroxyl groups is 1. The van der Waals surface area contributed by atoms with Crippen molar-refractivity contribution >= 4 is 17.3 Å². The maximum Gasteiger partial charge on any atom is 0.138 e. The molecule has 3 nitrogen and oxygen atoms in total. The van der Waals surface area contributed by atoms with E-state index < -0.39 is 0 Å². The summed E-state index contributed by atoms with van der Waals surface area (Å²) in [5.74, 6) is 0.724. The van der Waals surface area contributed by atoms with Gasteiger partial charge in [-0.15, -0.1) is 0 Å². The van der Waals surface area contributed by atoms with Gasteiger partial charge in [-0.2, -0.15) is 0 Å². The molecule has 0 aliphatic heterocycles. The molecule has 1 saturated carbocycles. The Morgan fingerprint density at radius 1 is 1.47 bits per heavy atom. The summed E-state index contributed by atoms with van der Waals surface area (Å²) in [6.45, 7) is 6.88. The van der Waals surface area contributed by atoms with Crippen LogP contribution in [0.3, 0.4) is 0 Å². The van der Waals surface area contributed by atoms with Gasteiger partial charge in [0.2, 0.25) is 0 Å². The predicted molar refractivity (Wildman–Crippen MR) is 79.1 cm³/mol. The number of ether oxygens (including phenoxy) is 1. The van der Waals surface area contributed by atoms with E-state index in [9.17, 15) is 5.11 Å². The lowest BCUT2D eigenvalue weighted by molar-refractivity contribution is -0.0510. The number of anilines is 1. The lowest BCUT2D eigenvalue weighted by Crippen LogP contribution is -2.56. The second-order valence-electron chi connectivity index (χ2n) is 5.76. The quantitative estimate of drug-likeness (QED) is 0.866. The van der Waals surface area contributed by atoms with Gasteiger partial charge in [-0.25, -0.2) is 0 Å². The molecule has 1 aromatic carbocycles. The van der Waals surface area contributed by atoms with Gasteiger partial charge in [0.05, 0.1) is 17.7 Å². The molecular weight excluding hydrogens is 262 g/mol. The van der Waals surface area contributed by atoms with Crippen LogP contribution in [0, 0.1) is 5.41 Å². The largest absolute Gasteiger partial charge is 0.492 e. The highest BCUT2D eigenvalue weighted by molar-refractivity contribution is 6.32. The Labute approximate surface area is 119 Å². The van der Waals surface area contributed by atoms with Crippen LogP contribution in [0.5, 0.6) is 5.75 Å². The summed E-state index contributed by atoms with van der Waals surface area (Å²) in [6.07, 6.45) is 1.51. The fourth-order valence-corrected chi connectivity index (χ4v) is 2.50. The summed E-state index contributed by atoms with van der Waals surface area (Å²) in [5, 5.41) is 13.8. The van der Waals surface area contributed by atoms with Crippen LogP contribution in [0.2, 0.25) is 5.02 Å². The smallest absolute Gasteiger partial charge is 0.138 e. The average Bonchev–Trinajstić information content (AvgIpc) is 2.37. The molecular formula is C15H22ClNO2. The molecule has 106 valence electrons. The van der Waals surface area contributed by atoms with E-state index in [4.69, 9.17) is 16.3 Å². The fourth-order valence-electron chi connectivity index (χ4n) is 2.27. The van der Waals surface area contributed by atoms with Crippen molar-refractivity contribution in [1.29, 1.82) is 0 Å². The molecule has 2 rings (SSSR count). The highest BCUT2D eigenvalue weighted by Crippen LogP contribution is 2.42. The standard InChI is InChI=1S/C15H22ClNO2/c1-4-7-19-12-6-5-10(8-11(12)16)17-13-9-14(18)15(13,2)3/h5-6,8,13-14,17-18H,4,7,9H2,1-3H3. The molecule has 1 aromatic rings. The Balaban J connectivity index is 2.01. The van der Waals surface area contributed by atoms with E-state index in [0.29, 0.717) is 11.6 Å². The van der Waals surface area contributed by atoms with Crippen LogP contribution >= 0.6 is 11.6 Å². The summed E-state index contributed by atoms with van der Waals surface area (Å²) in [4.78, 5) is 0. The Hall–Kier alpha value is -0.930. The van der Waals surface area contributed by atoms with Crippen LogP contribution in [0.1, 0.15) is 33.6 Å². The van der Waals surface area contributed by atoms with Crippen molar-refractivity contribution in [3.05, 3.63) is 23.2 Å². The first kappa shape index (κ1) is 14.5.